The fraction of sp³-hybridized carbons (Fsp3) is 0.200. The average molecular weight is 97.1 g/mol. The van der Waals surface area contributed by atoms with Crippen LogP contribution in [0.25, 0.3) is 0 Å². The van der Waals surface area contributed by atoms with Crippen molar-refractivity contribution in [2.24, 2.45) is 0 Å². The molecule has 0 aliphatic heterocycles. The van der Waals surface area contributed by atoms with Gasteiger partial charge in [-0.2, -0.15) is 0 Å². The highest BCUT2D eigenvalue weighted by atomic mass is 16.1. The standard InChI is InChI=1S/C5H7NO/c1-3-4-5(7)6-2/h2-4H,1H3,(H,6,7)/b4-3+. The summed E-state index contributed by atoms with van der Waals surface area (Å²) >= 11 is 0. The third-order valence-electron chi connectivity index (χ3n) is 0.460. The molecule has 0 saturated carbocycles. The molecule has 2 heteroatoms. The van der Waals surface area contributed by atoms with Crippen molar-refractivity contribution < 1.29 is 4.79 Å². The molecule has 0 aliphatic carbocycles. The van der Waals surface area contributed by atoms with Gasteiger partial charge in [0.25, 0.3) is 0 Å². The molecule has 0 rings (SSSR count). The van der Waals surface area contributed by atoms with Crippen molar-refractivity contribution in [2.45, 2.75) is 6.92 Å². The van der Waals surface area contributed by atoms with Gasteiger partial charge in [0, 0.05) is 0 Å². The number of hydrogen-bond donors (Lipinski definition) is 1. The molecule has 0 heterocycles. The van der Waals surface area contributed by atoms with Crippen LogP contribution in [0.1, 0.15) is 6.92 Å². The summed E-state index contributed by atoms with van der Waals surface area (Å²) in [6, 6.07) is 0. The molecular weight excluding hydrogens is 90.1 g/mol. The van der Waals surface area contributed by atoms with E-state index in [1.165, 1.54) is 6.08 Å². The van der Waals surface area contributed by atoms with Gasteiger partial charge in [-0.1, -0.05) is 6.08 Å². The van der Waals surface area contributed by atoms with Gasteiger partial charge in [0.15, 0.2) is 0 Å². The Labute approximate surface area is 43.2 Å². The van der Waals surface area contributed by atoms with Crippen LogP contribution in [0.3, 0.4) is 0 Å². The Morgan fingerprint density at radius 2 is 2.43 bits per heavy atom. The first-order valence-corrected chi connectivity index (χ1v) is 1.94. The molecule has 38 valence electrons. The summed E-state index contributed by atoms with van der Waals surface area (Å²) in [5.74, 6) is -0.275. The molecule has 0 saturated heterocycles. The largest absolute Gasteiger partial charge is 0.346 e. The number of carbonyl (C=O) groups excluding carboxylic acids is 1. The normalized spacial score (nSPS) is 9.43. The van der Waals surface area contributed by atoms with E-state index in [-0.39, 0.29) is 5.91 Å². The van der Waals surface area contributed by atoms with E-state index in [0.717, 1.165) is 0 Å². The molecular formula is C5H7NO. The minimum atomic E-state index is -0.275. The van der Waals surface area contributed by atoms with Gasteiger partial charge in [0.05, 0.1) is 7.05 Å². The molecule has 0 aromatic heterocycles. The van der Waals surface area contributed by atoms with E-state index in [4.69, 9.17) is 7.05 Å². The van der Waals surface area contributed by atoms with Crippen molar-refractivity contribution >= 4 is 5.91 Å². The molecule has 0 unspecified atom stereocenters. The number of amides is 1. The Morgan fingerprint density at radius 3 is 2.57 bits per heavy atom. The Bertz CT molecular complexity index is 86.1. The Hall–Kier alpha value is -0.790. The van der Waals surface area contributed by atoms with Gasteiger partial charge >= 0.3 is 0 Å². The second-order valence-corrected chi connectivity index (χ2v) is 1.01. The zero-order chi connectivity index (χ0) is 5.70. The van der Waals surface area contributed by atoms with E-state index in [1.54, 1.807) is 13.0 Å². The minimum Gasteiger partial charge on any atom is -0.346 e. The van der Waals surface area contributed by atoms with Gasteiger partial charge in [0.1, 0.15) is 0 Å². The lowest BCUT2D eigenvalue weighted by Crippen LogP contribution is -2.10. The van der Waals surface area contributed by atoms with Gasteiger partial charge in [-0.25, -0.2) is 0 Å². The molecule has 0 aliphatic rings. The van der Waals surface area contributed by atoms with Gasteiger partial charge in [-0.3, -0.25) is 4.79 Å². The molecule has 0 aromatic carbocycles. The highest BCUT2D eigenvalue weighted by Crippen LogP contribution is 1.67. The van der Waals surface area contributed by atoms with E-state index < -0.39 is 0 Å². The van der Waals surface area contributed by atoms with Crippen molar-refractivity contribution in [3.63, 3.8) is 0 Å². The van der Waals surface area contributed by atoms with Crippen molar-refractivity contribution in [2.75, 3.05) is 0 Å². The highest BCUT2D eigenvalue weighted by molar-refractivity contribution is 5.87. The topological polar surface area (TPSA) is 29.1 Å². The molecule has 2 radical (unpaired) electrons. The zero-order valence-electron chi connectivity index (χ0n) is 4.14. The first-order chi connectivity index (χ1) is 3.31. The van der Waals surface area contributed by atoms with Crippen LogP contribution in [0.2, 0.25) is 0 Å². The lowest BCUT2D eigenvalue weighted by atomic mass is 10.5. The first-order valence-electron chi connectivity index (χ1n) is 1.94. The van der Waals surface area contributed by atoms with Gasteiger partial charge in [0.2, 0.25) is 5.91 Å². The summed E-state index contributed by atoms with van der Waals surface area (Å²) in [6.45, 7) is 1.75. The molecule has 0 spiro atoms. The highest BCUT2D eigenvalue weighted by Gasteiger charge is 1.81. The van der Waals surface area contributed by atoms with E-state index in [2.05, 4.69) is 0 Å². The van der Waals surface area contributed by atoms with E-state index >= 15 is 0 Å². The Balaban J connectivity index is 3.37. The fourth-order valence-corrected chi connectivity index (χ4v) is 0.199. The summed E-state index contributed by atoms with van der Waals surface area (Å²) in [5.41, 5.74) is 0. The molecule has 1 N–H and O–H groups in total. The molecule has 1 amide bonds. The van der Waals surface area contributed by atoms with Crippen LogP contribution in [0.4, 0.5) is 0 Å². The van der Waals surface area contributed by atoms with Crippen molar-refractivity contribution in [3.8, 4) is 0 Å². The van der Waals surface area contributed by atoms with E-state index in [9.17, 15) is 4.79 Å². The number of rotatable bonds is 1. The third-order valence-corrected chi connectivity index (χ3v) is 0.460. The molecule has 0 bridgehead atoms. The van der Waals surface area contributed by atoms with Crippen LogP contribution in [0.5, 0.6) is 0 Å². The summed E-state index contributed by atoms with van der Waals surface area (Å²) in [4.78, 5) is 10.1. The van der Waals surface area contributed by atoms with Gasteiger partial charge < -0.3 is 5.32 Å². The van der Waals surface area contributed by atoms with Gasteiger partial charge in [-0.15, -0.1) is 0 Å². The Kier molecular flexibility index (Phi) is 3.02. The maximum absolute atomic E-state index is 10.1. The lowest BCUT2D eigenvalue weighted by molar-refractivity contribution is -0.115. The number of hydrogen-bond acceptors (Lipinski definition) is 1. The summed E-state index contributed by atoms with van der Waals surface area (Å²) in [7, 11) is 4.71. The summed E-state index contributed by atoms with van der Waals surface area (Å²) in [5, 5.41) is 1.94. The quantitative estimate of drug-likeness (QED) is 0.371. The van der Waals surface area contributed by atoms with Crippen LogP contribution in [0.15, 0.2) is 12.2 Å². The van der Waals surface area contributed by atoms with Crippen LogP contribution in [-0.2, 0) is 4.79 Å². The molecule has 0 atom stereocenters. The molecule has 7 heavy (non-hydrogen) atoms. The van der Waals surface area contributed by atoms with E-state index in [0.29, 0.717) is 0 Å². The second kappa shape index (κ2) is 3.40. The van der Waals surface area contributed by atoms with E-state index in [1.807, 2.05) is 5.32 Å². The molecule has 0 fully saturated rings. The summed E-state index contributed by atoms with van der Waals surface area (Å²) in [6.07, 6.45) is 2.96. The number of nitrogens with one attached hydrogen (secondary N) is 1. The SMILES string of the molecule is [CH]NC(=O)/C=C/C. The predicted octanol–water partition coefficient (Wildman–Crippen LogP) is 0.347. The maximum Gasteiger partial charge on any atom is 0.244 e. The number of carbonyl (C=O) groups is 1. The lowest BCUT2D eigenvalue weighted by Gasteiger charge is -1.83. The van der Waals surface area contributed by atoms with Crippen molar-refractivity contribution in [3.05, 3.63) is 19.2 Å². The first kappa shape index (κ1) is 6.21. The van der Waals surface area contributed by atoms with Crippen LogP contribution in [-0.4, -0.2) is 5.91 Å². The predicted molar refractivity (Wildman–Crippen MR) is 27.3 cm³/mol. The third kappa shape index (κ3) is 3.03. The van der Waals surface area contributed by atoms with Crippen molar-refractivity contribution in [1.29, 1.82) is 0 Å². The van der Waals surface area contributed by atoms with Crippen LogP contribution < -0.4 is 5.32 Å². The molecule has 2 nitrogen and oxygen atoms in total. The average Bonchev–Trinajstić information content (AvgIpc) is 1.68. The number of allylic oxidation sites excluding steroid dienone is 1. The molecule has 0 aromatic rings. The van der Waals surface area contributed by atoms with Crippen LogP contribution in [0, 0.1) is 7.05 Å². The smallest absolute Gasteiger partial charge is 0.244 e. The van der Waals surface area contributed by atoms with Crippen LogP contribution >= 0.6 is 0 Å². The van der Waals surface area contributed by atoms with Crippen molar-refractivity contribution in [1.82, 2.24) is 5.32 Å². The maximum atomic E-state index is 10.1. The fourth-order valence-electron chi connectivity index (χ4n) is 0.199. The zero-order valence-corrected chi connectivity index (χ0v) is 4.14. The Morgan fingerprint density at radius 1 is 1.86 bits per heavy atom. The van der Waals surface area contributed by atoms with Gasteiger partial charge in [-0.05, 0) is 13.0 Å². The summed E-state index contributed by atoms with van der Waals surface area (Å²) < 4.78 is 0. The minimum absolute atomic E-state index is 0.275. The monoisotopic (exact) mass is 97.1 g/mol. The second-order valence-electron chi connectivity index (χ2n) is 1.01.